The Kier molecular flexibility index (Phi) is 5.34. The van der Waals surface area contributed by atoms with Crippen molar-refractivity contribution in [1.29, 1.82) is 0 Å². The molecule has 0 fully saturated rings. The minimum atomic E-state index is 0.111. The highest BCUT2D eigenvalue weighted by molar-refractivity contribution is 5.30. The van der Waals surface area contributed by atoms with Crippen molar-refractivity contribution in [2.24, 2.45) is 11.1 Å². The maximum atomic E-state index is 5.87. The molecule has 18 heavy (non-hydrogen) atoms. The molecule has 0 bridgehead atoms. The topological polar surface area (TPSA) is 73.1 Å². The number of aromatic nitrogens is 2. The summed E-state index contributed by atoms with van der Waals surface area (Å²) in [5.41, 5.74) is 6.87. The van der Waals surface area contributed by atoms with E-state index in [0.29, 0.717) is 18.4 Å². The molecular formula is C13H24N4O. The van der Waals surface area contributed by atoms with E-state index in [9.17, 15) is 0 Å². The van der Waals surface area contributed by atoms with Crippen LogP contribution in [0.15, 0.2) is 6.07 Å². The van der Waals surface area contributed by atoms with Gasteiger partial charge in [0.15, 0.2) is 0 Å². The molecule has 5 heteroatoms. The van der Waals surface area contributed by atoms with Crippen molar-refractivity contribution >= 4 is 5.95 Å². The van der Waals surface area contributed by atoms with Gasteiger partial charge >= 0.3 is 0 Å². The second kappa shape index (κ2) is 6.54. The molecule has 1 aromatic rings. The molecule has 0 aliphatic rings. The van der Waals surface area contributed by atoms with E-state index in [1.165, 1.54) is 0 Å². The first-order chi connectivity index (χ1) is 8.59. The Labute approximate surface area is 109 Å². The Morgan fingerprint density at radius 1 is 1.33 bits per heavy atom. The second-order valence-electron chi connectivity index (χ2n) is 4.64. The highest BCUT2D eigenvalue weighted by Crippen LogP contribution is 2.25. The van der Waals surface area contributed by atoms with Gasteiger partial charge in [0.05, 0.1) is 7.11 Å². The summed E-state index contributed by atoms with van der Waals surface area (Å²) in [4.78, 5) is 8.62. The quantitative estimate of drug-likeness (QED) is 0.776. The summed E-state index contributed by atoms with van der Waals surface area (Å²) in [5, 5.41) is 3.27. The summed E-state index contributed by atoms with van der Waals surface area (Å²) in [7, 11) is 1.60. The molecule has 0 saturated heterocycles. The predicted molar refractivity (Wildman–Crippen MR) is 73.9 cm³/mol. The van der Waals surface area contributed by atoms with Crippen LogP contribution in [0.25, 0.3) is 0 Å². The first-order valence-electron chi connectivity index (χ1n) is 6.42. The minimum Gasteiger partial charge on any atom is -0.481 e. The average molecular weight is 252 g/mol. The number of nitrogens with two attached hydrogens (primary N) is 1. The molecule has 0 spiro atoms. The fourth-order valence-corrected chi connectivity index (χ4v) is 1.85. The molecule has 3 N–H and O–H groups in total. The molecule has 1 heterocycles. The third kappa shape index (κ3) is 3.57. The van der Waals surface area contributed by atoms with Crippen LogP contribution in [0.3, 0.4) is 0 Å². The molecule has 0 saturated carbocycles. The number of aryl methyl sites for hydroxylation is 1. The molecular weight excluding hydrogens is 228 g/mol. The fourth-order valence-electron chi connectivity index (χ4n) is 1.85. The summed E-state index contributed by atoms with van der Waals surface area (Å²) in [6.07, 6.45) is 2.08. The van der Waals surface area contributed by atoms with Crippen LogP contribution in [0.4, 0.5) is 5.95 Å². The number of rotatable bonds is 7. The zero-order valence-corrected chi connectivity index (χ0v) is 11.8. The zero-order chi connectivity index (χ0) is 13.6. The second-order valence-corrected chi connectivity index (χ2v) is 4.64. The highest BCUT2D eigenvalue weighted by atomic mass is 16.5. The van der Waals surface area contributed by atoms with Crippen molar-refractivity contribution in [2.45, 2.75) is 33.6 Å². The first-order valence-corrected chi connectivity index (χ1v) is 6.42. The summed E-state index contributed by atoms with van der Waals surface area (Å²) in [6.45, 7) is 7.69. The van der Waals surface area contributed by atoms with Crippen LogP contribution < -0.4 is 15.8 Å². The molecule has 5 nitrogen and oxygen atoms in total. The van der Waals surface area contributed by atoms with Crippen molar-refractivity contribution in [3.05, 3.63) is 11.8 Å². The van der Waals surface area contributed by atoms with Gasteiger partial charge in [-0.25, -0.2) is 4.98 Å². The Morgan fingerprint density at radius 2 is 2.00 bits per heavy atom. The van der Waals surface area contributed by atoms with Crippen LogP contribution in [0, 0.1) is 12.3 Å². The van der Waals surface area contributed by atoms with Gasteiger partial charge in [0.25, 0.3) is 0 Å². The smallest absolute Gasteiger partial charge is 0.226 e. The van der Waals surface area contributed by atoms with E-state index < -0.39 is 0 Å². The van der Waals surface area contributed by atoms with Gasteiger partial charge in [0.2, 0.25) is 11.8 Å². The SMILES string of the molecule is CCC(CC)(CN)CNc1nc(C)cc(OC)n1. The van der Waals surface area contributed by atoms with Gasteiger partial charge < -0.3 is 15.8 Å². The number of anilines is 1. The summed E-state index contributed by atoms with van der Waals surface area (Å²) in [6, 6.07) is 1.81. The average Bonchev–Trinajstić information content (AvgIpc) is 2.40. The van der Waals surface area contributed by atoms with Crippen molar-refractivity contribution < 1.29 is 4.74 Å². The van der Waals surface area contributed by atoms with Crippen LogP contribution >= 0.6 is 0 Å². The van der Waals surface area contributed by atoms with Crippen LogP contribution in [-0.2, 0) is 0 Å². The highest BCUT2D eigenvalue weighted by Gasteiger charge is 2.24. The molecule has 1 aromatic heterocycles. The van der Waals surface area contributed by atoms with Crippen molar-refractivity contribution in [3.63, 3.8) is 0 Å². The molecule has 0 atom stereocenters. The van der Waals surface area contributed by atoms with Gasteiger partial charge in [0.1, 0.15) is 0 Å². The maximum absolute atomic E-state index is 5.87. The van der Waals surface area contributed by atoms with E-state index in [4.69, 9.17) is 10.5 Å². The predicted octanol–water partition coefficient (Wildman–Crippen LogP) is 1.97. The normalized spacial score (nSPS) is 11.4. The Balaban J connectivity index is 2.76. The molecule has 102 valence electrons. The van der Waals surface area contributed by atoms with E-state index in [1.807, 2.05) is 6.92 Å². The van der Waals surface area contributed by atoms with Crippen LogP contribution in [0.5, 0.6) is 5.88 Å². The summed E-state index contributed by atoms with van der Waals surface area (Å²) >= 11 is 0. The molecule has 0 aliphatic heterocycles. The third-order valence-electron chi connectivity index (χ3n) is 3.59. The fraction of sp³-hybridized carbons (Fsp3) is 0.692. The van der Waals surface area contributed by atoms with Crippen molar-refractivity contribution in [1.82, 2.24) is 9.97 Å². The standard InChI is InChI=1S/C13H24N4O/c1-5-13(6-2,8-14)9-15-12-16-10(3)7-11(17-12)18-4/h7H,5-6,8-9,14H2,1-4H3,(H,15,16,17). The minimum absolute atomic E-state index is 0.111. The maximum Gasteiger partial charge on any atom is 0.226 e. The summed E-state index contributed by atoms with van der Waals surface area (Å²) < 4.78 is 5.13. The lowest BCUT2D eigenvalue weighted by molar-refractivity contribution is 0.294. The lowest BCUT2D eigenvalue weighted by Crippen LogP contribution is -2.36. The molecule has 0 amide bonds. The molecule has 0 aromatic carbocycles. The largest absolute Gasteiger partial charge is 0.481 e. The number of nitrogens with zero attached hydrogens (tertiary/aromatic N) is 2. The van der Waals surface area contributed by atoms with E-state index in [0.717, 1.165) is 25.1 Å². The van der Waals surface area contributed by atoms with Crippen LogP contribution in [0.2, 0.25) is 0 Å². The Bertz CT molecular complexity index is 369. The van der Waals surface area contributed by atoms with Crippen LogP contribution in [0.1, 0.15) is 32.4 Å². The molecule has 0 radical (unpaired) electrons. The number of methoxy groups -OCH3 is 1. The van der Waals surface area contributed by atoms with Gasteiger partial charge in [-0.05, 0) is 31.7 Å². The third-order valence-corrected chi connectivity index (χ3v) is 3.59. The van der Waals surface area contributed by atoms with Gasteiger partial charge in [-0.2, -0.15) is 4.98 Å². The molecule has 0 unspecified atom stereocenters. The van der Waals surface area contributed by atoms with E-state index >= 15 is 0 Å². The van der Waals surface area contributed by atoms with E-state index in [1.54, 1.807) is 13.2 Å². The van der Waals surface area contributed by atoms with Gasteiger partial charge in [-0.1, -0.05) is 13.8 Å². The van der Waals surface area contributed by atoms with Crippen LogP contribution in [-0.4, -0.2) is 30.2 Å². The number of ether oxygens (including phenoxy) is 1. The zero-order valence-electron chi connectivity index (χ0n) is 11.8. The first kappa shape index (κ1) is 14.7. The van der Waals surface area contributed by atoms with E-state index in [-0.39, 0.29) is 5.41 Å². The lowest BCUT2D eigenvalue weighted by atomic mass is 9.82. The van der Waals surface area contributed by atoms with Gasteiger partial charge in [-0.15, -0.1) is 0 Å². The number of hydrogen-bond acceptors (Lipinski definition) is 5. The Hall–Kier alpha value is -1.36. The monoisotopic (exact) mass is 252 g/mol. The number of hydrogen-bond donors (Lipinski definition) is 2. The van der Waals surface area contributed by atoms with Gasteiger partial charge in [-0.3, -0.25) is 0 Å². The summed E-state index contributed by atoms with van der Waals surface area (Å²) in [5.74, 6) is 1.18. The van der Waals surface area contributed by atoms with E-state index in [2.05, 4.69) is 29.1 Å². The van der Waals surface area contributed by atoms with Crippen molar-refractivity contribution in [2.75, 3.05) is 25.5 Å². The molecule has 1 rings (SSSR count). The van der Waals surface area contributed by atoms with Gasteiger partial charge in [0, 0.05) is 18.3 Å². The lowest BCUT2D eigenvalue weighted by Gasteiger charge is -2.30. The Morgan fingerprint density at radius 3 is 2.50 bits per heavy atom. The van der Waals surface area contributed by atoms with Crippen molar-refractivity contribution in [3.8, 4) is 5.88 Å². The molecule has 0 aliphatic carbocycles. The number of nitrogens with one attached hydrogen (secondary N) is 1.